The number of fused-ring (bicyclic) bond motifs is 1. The van der Waals surface area contributed by atoms with Gasteiger partial charge in [-0.3, -0.25) is 14.4 Å². The SMILES string of the molecule is O=C1C(=O)N(C(=O)CCl)c2ccc(Cl)cc21.[C-]#[O+].[C-]#[O+].[C-]#[O+].[Cr]. The maximum atomic E-state index is 11.5. The van der Waals surface area contributed by atoms with Crippen LogP contribution in [0.3, 0.4) is 0 Å². The molecule has 0 bridgehead atoms. The van der Waals surface area contributed by atoms with Gasteiger partial charge in [-0.2, -0.15) is 0 Å². The largest absolute Gasteiger partial charge is 0 e. The smallest absolute Gasteiger partial charge is 0 e. The van der Waals surface area contributed by atoms with Crippen LogP contribution in [0, 0.1) is 20.0 Å². The molecule has 2 amide bonds. The van der Waals surface area contributed by atoms with Crippen LogP contribution in [0.1, 0.15) is 10.4 Å². The molecular weight excluding hydrogens is 389 g/mol. The van der Waals surface area contributed by atoms with Gasteiger partial charge in [0.15, 0.2) is 0 Å². The van der Waals surface area contributed by atoms with E-state index in [-0.39, 0.29) is 34.5 Å². The minimum atomic E-state index is -0.886. The molecule has 0 aromatic heterocycles. The van der Waals surface area contributed by atoms with E-state index in [0.29, 0.717) is 5.02 Å². The van der Waals surface area contributed by atoms with Crippen LogP contribution >= 0.6 is 23.2 Å². The van der Waals surface area contributed by atoms with Gasteiger partial charge in [0.05, 0.1) is 11.3 Å². The van der Waals surface area contributed by atoms with Crippen molar-refractivity contribution in [3.63, 3.8) is 0 Å². The van der Waals surface area contributed by atoms with Crippen LogP contribution in [0.5, 0.6) is 0 Å². The molecule has 0 aliphatic carbocycles. The zero-order valence-corrected chi connectivity index (χ0v) is 13.8. The van der Waals surface area contributed by atoms with Crippen LogP contribution in [0.25, 0.3) is 0 Å². The van der Waals surface area contributed by atoms with Crippen LogP contribution in [0.2, 0.25) is 5.02 Å². The summed E-state index contributed by atoms with van der Waals surface area (Å²) in [6.45, 7) is 13.5. The second-order valence-corrected chi connectivity index (χ2v) is 3.86. The molecule has 0 atom stereocenters. The van der Waals surface area contributed by atoms with Crippen molar-refractivity contribution >= 4 is 46.5 Å². The Morgan fingerprint density at radius 3 is 2.00 bits per heavy atom. The number of ketones is 1. The van der Waals surface area contributed by atoms with Crippen LogP contribution in [0.4, 0.5) is 5.69 Å². The summed E-state index contributed by atoms with van der Waals surface area (Å²) in [6, 6.07) is 4.31. The summed E-state index contributed by atoms with van der Waals surface area (Å²) in [5, 5.41) is 0.333. The number of carbonyl (C=O) groups excluding carboxylic acids is 3. The molecule has 0 unspecified atom stereocenters. The van der Waals surface area contributed by atoms with Crippen LogP contribution < -0.4 is 4.90 Å². The van der Waals surface area contributed by atoms with E-state index < -0.39 is 17.6 Å². The normalized spacial score (nSPS) is 10.2. The van der Waals surface area contributed by atoms with E-state index in [1.54, 1.807) is 0 Å². The Labute approximate surface area is 151 Å². The topological polar surface area (TPSA) is 114 Å². The predicted molar refractivity (Wildman–Crippen MR) is 70.8 cm³/mol. The molecule has 7 nitrogen and oxygen atoms in total. The predicted octanol–water partition coefficient (Wildman–Crippen LogP) is 1.52. The molecule has 0 radical (unpaired) electrons. The third-order valence-corrected chi connectivity index (χ3v) is 2.67. The summed E-state index contributed by atoms with van der Waals surface area (Å²) >= 11 is 11.1. The molecule has 10 heteroatoms. The number of imide groups is 1. The zero-order chi connectivity index (χ0) is 17.9. The summed E-state index contributed by atoms with van der Waals surface area (Å²) in [6.07, 6.45) is 0. The molecule has 0 saturated carbocycles. The summed E-state index contributed by atoms with van der Waals surface area (Å²) in [4.78, 5) is 35.2. The molecule has 1 aromatic rings. The molecule has 1 aliphatic rings. The van der Waals surface area contributed by atoms with E-state index in [1.807, 2.05) is 0 Å². The van der Waals surface area contributed by atoms with E-state index in [2.05, 4.69) is 20.0 Å². The number of hydrogen-bond donors (Lipinski definition) is 0. The van der Waals surface area contributed by atoms with Crippen molar-refractivity contribution in [2.45, 2.75) is 0 Å². The Hall–Kier alpha value is -1.64. The van der Waals surface area contributed by atoms with Gasteiger partial charge in [-0.05, 0) is 18.2 Å². The Morgan fingerprint density at radius 1 is 1.09 bits per heavy atom. The standard InChI is InChI=1S/C10H5Cl2NO3.3CO.Cr/c11-4-8(14)13-7-2-1-5(12)3-6(7)9(15)10(13)16;3*1-2;/h1-3H,4H2;;;;. The van der Waals surface area contributed by atoms with Gasteiger partial charge in [-0.1, -0.05) is 11.6 Å². The number of Topliss-reactive ketones (excluding diaryl/α,β-unsaturated/α-hetero) is 1. The first-order chi connectivity index (χ1) is 10.6. The van der Waals surface area contributed by atoms with Crippen molar-refractivity contribution in [3.05, 3.63) is 48.7 Å². The molecule has 1 aromatic carbocycles. The number of anilines is 1. The van der Waals surface area contributed by atoms with E-state index in [9.17, 15) is 14.4 Å². The van der Waals surface area contributed by atoms with Crippen molar-refractivity contribution in [1.29, 1.82) is 0 Å². The molecular formula is C13H5Cl2CrNO6. The van der Waals surface area contributed by atoms with Crippen molar-refractivity contribution in [1.82, 2.24) is 0 Å². The molecule has 0 N–H and O–H groups in total. The Balaban J connectivity index is -0.000000514. The molecule has 1 heterocycles. The first-order valence-electron chi connectivity index (χ1n) is 4.94. The van der Waals surface area contributed by atoms with Crippen molar-refractivity contribution in [2.75, 3.05) is 10.8 Å². The molecule has 118 valence electrons. The van der Waals surface area contributed by atoms with E-state index in [0.717, 1.165) is 4.90 Å². The van der Waals surface area contributed by atoms with Crippen molar-refractivity contribution in [2.24, 2.45) is 0 Å². The van der Waals surface area contributed by atoms with Crippen LogP contribution in [0.15, 0.2) is 18.2 Å². The monoisotopic (exact) mass is 393 g/mol. The maximum absolute atomic E-state index is 11.5. The molecule has 0 fully saturated rings. The van der Waals surface area contributed by atoms with Gasteiger partial charge in [0.1, 0.15) is 5.88 Å². The van der Waals surface area contributed by atoms with E-state index in [4.69, 9.17) is 37.2 Å². The molecule has 0 saturated heterocycles. The number of carbonyl (C=O) groups is 3. The fourth-order valence-corrected chi connectivity index (χ4v) is 1.81. The van der Waals surface area contributed by atoms with Crippen LogP contribution in [-0.2, 0) is 40.9 Å². The second kappa shape index (κ2) is 14.0. The molecule has 2 rings (SSSR count). The summed E-state index contributed by atoms with van der Waals surface area (Å²) < 4.78 is 22.5. The number of hydrogen-bond acceptors (Lipinski definition) is 3. The third-order valence-electron chi connectivity index (χ3n) is 2.21. The first-order valence-corrected chi connectivity index (χ1v) is 5.86. The quantitative estimate of drug-likeness (QED) is 0.311. The minimum Gasteiger partial charge on any atom is 0 e. The second-order valence-electron chi connectivity index (χ2n) is 3.16. The Morgan fingerprint density at radius 2 is 1.57 bits per heavy atom. The Bertz CT molecular complexity index is 627. The average molecular weight is 394 g/mol. The van der Waals surface area contributed by atoms with Gasteiger partial charge < -0.3 is 0 Å². The number of rotatable bonds is 1. The van der Waals surface area contributed by atoms with Gasteiger partial charge in [0.25, 0.3) is 5.78 Å². The van der Waals surface area contributed by atoms with Gasteiger partial charge in [0.2, 0.25) is 5.91 Å². The number of nitrogens with zero attached hydrogens (tertiary/aromatic N) is 1. The summed E-state index contributed by atoms with van der Waals surface area (Å²) in [5.74, 6) is -2.61. The van der Waals surface area contributed by atoms with Gasteiger partial charge in [0, 0.05) is 22.4 Å². The first kappa shape index (κ1) is 26.3. The Kier molecular flexibility index (Phi) is 16.0. The van der Waals surface area contributed by atoms with Gasteiger partial charge >= 0.3 is 39.8 Å². The van der Waals surface area contributed by atoms with Crippen molar-refractivity contribution < 1.29 is 45.7 Å². The summed E-state index contributed by atoms with van der Waals surface area (Å²) in [7, 11) is 0. The average Bonchev–Trinajstić information content (AvgIpc) is 2.84. The number of amides is 2. The minimum absolute atomic E-state index is 0. The van der Waals surface area contributed by atoms with E-state index >= 15 is 0 Å². The van der Waals surface area contributed by atoms with Crippen molar-refractivity contribution in [3.8, 4) is 0 Å². The molecule has 23 heavy (non-hydrogen) atoms. The summed E-state index contributed by atoms with van der Waals surface area (Å²) in [5.41, 5.74) is 0.376. The maximum Gasteiger partial charge on any atom is 0 e. The third kappa shape index (κ3) is 6.17. The fraction of sp³-hybridized carbons (Fsp3) is 0.0769. The van der Waals surface area contributed by atoms with E-state index in [1.165, 1.54) is 18.2 Å². The fourth-order valence-electron chi connectivity index (χ4n) is 1.52. The zero-order valence-electron chi connectivity index (χ0n) is 11.0. The van der Waals surface area contributed by atoms with Gasteiger partial charge in [-0.25, -0.2) is 4.90 Å². The number of benzene rings is 1. The van der Waals surface area contributed by atoms with Crippen LogP contribution in [-0.4, -0.2) is 23.5 Å². The molecule has 1 aliphatic heterocycles. The van der Waals surface area contributed by atoms with Gasteiger partial charge in [-0.15, -0.1) is 11.6 Å². The number of alkyl halides is 1. The molecule has 0 spiro atoms. The number of halogens is 2.